The summed E-state index contributed by atoms with van der Waals surface area (Å²) in [6.45, 7) is 0. The molecular weight excluding hydrogens is 288 g/mol. The smallest absolute Gasteiger partial charge is 0.127 e. The molecule has 1 unspecified atom stereocenters. The highest BCUT2D eigenvalue weighted by molar-refractivity contribution is 9.09. The highest BCUT2D eigenvalue weighted by atomic mass is 79.9. The van der Waals surface area contributed by atoms with Crippen LogP contribution in [0.3, 0.4) is 0 Å². The molecule has 1 saturated carbocycles. The van der Waals surface area contributed by atoms with Crippen LogP contribution in [-0.4, -0.2) is 11.4 Å². The van der Waals surface area contributed by atoms with E-state index < -0.39 is 0 Å². The Kier molecular flexibility index (Phi) is 3.74. The van der Waals surface area contributed by atoms with Crippen molar-refractivity contribution in [2.24, 2.45) is 5.92 Å². The Morgan fingerprint density at radius 1 is 1.11 bits per heavy atom. The number of benzene rings is 1. The van der Waals surface area contributed by atoms with Crippen molar-refractivity contribution in [3.8, 4) is 5.75 Å². The normalized spacial score (nSPS) is 24.1. The Hall–Kier alpha value is -0.760. The maximum Gasteiger partial charge on any atom is 0.127 e. The van der Waals surface area contributed by atoms with Crippen molar-refractivity contribution < 1.29 is 4.74 Å². The van der Waals surface area contributed by atoms with Crippen LogP contribution in [0.4, 0.5) is 0 Å². The molecular formula is C16H19BrO. The molecule has 96 valence electrons. The third-order valence-corrected chi connectivity index (χ3v) is 4.72. The number of fused-ring (bicyclic) bond motifs is 1. The zero-order valence-corrected chi connectivity index (χ0v) is 12.2. The highest BCUT2D eigenvalue weighted by Gasteiger charge is 2.28. The molecule has 2 heteroatoms. The Labute approximate surface area is 117 Å². The molecule has 0 amide bonds. The summed E-state index contributed by atoms with van der Waals surface area (Å²) in [5.41, 5.74) is 2.63. The van der Waals surface area contributed by atoms with Crippen LogP contribution >= 0.6 is 15.9 Å². The first-order valence-electron chi connectivity index (χ1n) is 6.91. The van der Waals surface area contributed by atoms with E-state index in [4.69, 9.17) is 4.74 Å². The predicted molar refractivity (Wildman–Crippen MR) is 79.2 cm³/mol. The largest absolute Gasteiger partial charge is 0.485 e. The first-order valence-corrected chi connectivity index (χ1v) is 8.03. The molecule has 0 spiro atoms. The average molecular weight is 307 g/mol. The van der Waals surface area contributed by atoms with E-state index >= 15 is 0 Å². The van der Waals surface area contributed by atoms with Gasteiger partial charge in [-0.05, 0) is 36.5 Å². The third-order valence-electron chi connectivity index (χ3n) is 4.12. The SMILES string of the molecule is BrCC1=CC(C2CCCCC2)Oc2ccccc21. The quantitative estimate of drug-likeness (QED) is 0.713. The summed E-state index contributed by atoms with van der Waals surface area (Å²) in [6, 6.07) is 8.40. The second-order valence-electron chi connectivity index (χ2n) is 5.30. The molecule has 1 atom stereocenters. The molecule has 1 aromatic carbocycles. The van der Waals surface area contributed by atoms with Gasteiger partial charge in [-0.1, -0.05) is 53.4 Å². The summed E-state index contributed by atoms with van der Waals surface area (Å²) < 4.78 is 6.21. The molecule has 1 aliphatic carbocycles. The van der Waals surface area contributed by atoms with E-state index in [1.807, 2.05) is 0 Å². The summed E-state index contributed by atoms with van der Waals surface area (Å²) in [5, 5.41) is 0.913. The lowest BCUT2D eigenvalue weighted by Crippen LogP contribution is -2.29. The zero-order chi connectivity index (χ0) is 12.4. The van der Waals surface area contributed by atoms with Crippen molar-refractivity contribution in [3.05, 3.63) is 35.9 Å². The van der Waals surface area contributed by atoms with Gasteiger partial charge < -0.3 is 4.74 Å². The Morgan fingerprint density at radius 2 is 1.89 bits per heavy atom. The van der Waals surface area contributed by atoms with E-state index in [-0.39, 0.29) is 6.10 Å². The number of rotatable bonds is 2. The van der Waals surface area contributed by atoms with Crippen molar-refractivity contribution in [1.29, 1.82) is 0 Å². The van der Waals surface area contributed by atoms with Crippen LogP contribution in [0.2, 0.25) is 0 Å². The Morgan fingerprint density at radius 3 is 2.67 bits per heavy atom. The van der Waals surface area contributed by atoms with Crippen LogP contribution in [0.5, 0.6) is 5.75 Å². The molecule has 2 aliphatic rings. The van der Waals surface area contributed by atoms with Crippen LogP contribution in [0.1, 0.15) is 37.7 Å². The Bertz CT molecular complexity index is 446. The molecule has 1 fully saturated rings. The molecule has 0 bridgehead atoms. The molecule has 1 heterocycles. The van der Waals surface area contributed by atoms with E-state index in [0.29, 0.717) is 5.92 Å². The van der Waals surface area contributed by atoms with Crippen LogP contribution in [-0.2, 0) is 0 Å². The molecule has 0 saturated heterocycles. The topological polar surface area (TPSA) is 9.23 Å². The van der Waals surface area contributed by atoms with Gasteiger partial charge in [0.25, 0.3) is 0 Å². The second kappa shape index (κ2) is 5.48. The van der Waals surface area contributed by atoms with Gasteiger partial charge in [0.15, 0.2) is 0 Å². The first-order chi connectivity index (χ1) is 8.88. The molecule has 18 heavy (non-hydrogen) atoms. The molecule has 0 N–H and O–H groups in total. The van der Waals surface area contributed by atoms with E-state index in [0.717, 1.165) is 11.1 Å². The van der Waals surface area contributed by atoms with E-state index in [2.05, 4.69) is 46.3 Å². The number of hydrogen-bond acceptors (Lipinski definition) is 1. The number of ether oxygens (including phenoxy) is 1. The van der Waals surface area contributed by atoms with Crippen LogP contribution < -0.4 is 4.74 Å². The zero-order valence-electron chi connectivity index (χ0n) is 10.6. The maximum absolute atomic E-state index is 6.21. The predicted octanol–water partition coefficient (Wildman–Crippen LogP) is 4.81. The lowest BCUT2D eigenvalue weighted by atomic mass is 9.83. The first kappa shape index (κ1) is 12.3. The number of hydrogen-bond donors (Lipinski definition) is 0. The minimum Gasteiger partial charge on any atom is -0.485 e. The summed E-state index contributed by atoms with van der Waals surface area (Å²) in [5.74, 6) is 1.77. The number of para-hydroxylation sites is 1. The van der Waals surface area contributed by atoms with E-state index in [1.54, 1.807) is 0 Å². The second-order valence-corrected chi connectivity index (χ2v) is 5.86. The van der Waals surface area contributed by atoms with Crippen LogP contribution in [0.25, 0.3) is 5.57 Å². The van der Waals surface area contributed by atoms with Crippen LogP contribution in [0.15, 0.2) is 30.3 Å². The Balaban J connectivity index is 1.87. The van der Waals surface area contributed by atoms with Crippen molar-refractivity contribution >= 4 is 21.5 Å². The van der Waals surface area contributed by atoms with Crippen molar-refractivity contribution in [2.75, 3.05) is 5.33 Å². The maximum atomic E-state index is 6.21. The van der Waals surface area contributed by atoms with Gasteiger partial charge in [0.05, 0.1) is 0 Å². The standard InChI is InChI=1S/C16H19BrO/c17-11-13-10-16(12-6-2-1-3-7-12)18-15-9-5-4-8-14(13)15/h4-5,8-10,12,16H,1-3,6-7,11H2. The lowest BCUT2D eigenvalue weighted by Gasteiger charge is -2.33. The fourth-order valence-electron chi connectivity index (χ4n) is 3.11. The van der Waals surface area contributed by atoms with Gasteiger partial charge in [0.1, 0.15) is 11.9 Å². The third kappa shape index (κ3) is 2.35. The minimum atomic E-state index is 0.285. The molecule has 1 aliphatic heterocycles. The van der Waals surface area contributed by atoms with E-state index in [9.17, 15) is 0 Å². The van der Waals surface area contributed by atoms with Crippen LogP contribution in [0, 0.1) is 5.92 Å². The van der Waals surface area contributed by atoms with Gasteiger partial charge >= 0.3 is 0 Å². The summed E-state index contributed by atoms with van der Waals surface area (Å²) in [6.07, 6.45) is 9.39. The lowest BCUT2D eigenvalue weighted by molar-refractivity contribution is 0.144. The monoisotopic (exact) mass is 306 g/mol. The number of allylic oxidation sites excluding steroid dienone is 1. The fourth-order valence-corrected chi connectivity index (χ4v) is 3.60. The summed E-state index contributed by atoms with van der Waals surface area (Å²) in [7, 11) is 0. The molecule has 3 rings (SSSR count). The average Bonchev–Trinajstić information content (AvgIpc) is 2.47. The van der Waals surface area contributed by atoms with Crippen molar-refractivity contribution in [3.63, 3.8) is 0 Å². The molecule has 0 radical (unpaired) electrons. The van der Waals surface area contributed by atoms with Crippen molar-refractivity contribution in [2.45, 2.75) is 38.2 Å². The summed E-state index contributed by atoms with van der Waals surface area (Å²) >= 11 is 3.61. The van der Waals surface area contributed by atoms with Crippen molar-refractivity contribution in [1.82, 2.24) is 0 Å². The van der Waals surface area contributed by atoms with Gasteiger partial charge in [-0.15, -0.1) is 0 Å². The molecule has 1 nitrogen and oxygen atoms in total. The van der Waals surface area contributed by atoms with Gasteiger partial charge in [-0.2, -0.15) is 0 Å². The van der Waals surface area contributed by atoms with Gasteiger partial charge in [0.2, 0.25) is 0 Å². The van der Waals surface area contributed by atoms with E-state index in [1.165, 1.54) is 43.2 Å². The minimum absolute atomic E-state index is 0.285. The highest BCUT2D eigenvalue weighted by Crippen LogP contribution is 2.37. The molecule has 1 aromatic rings. The summed E-state index contributed by atoms with van der Waals surface area (Å²) in [4.78, 5) is 0. The van der Waals surface area contributed by atoms with Gasteiger partial charge in [0, 0.05) is 10.9 Å². The van der Waals surface area contributed by atoms with Gasteiger partial charge in [-0.25, -0.2) is 0 Å². The number of alkyl halides is 1. The molecule has 0 aromatic heterocycles. The number of halogens is 1. The fraction of sp³-hybridized carbons (Fsp3) is 0.500. The van der Waals surface area contributed by atoms with Gasteiger partial charge in [-0.3, -0.25) is 0 Å².